The standard InChI is InChI=1S/C21H26N2O/c1-22(2)19-14-15-21(20(24)23(3)4,16-10-6-5-7-11-16)18-13-9-8-12-17(18)19/h5-13,19H,14-15H2,1-4H3/t19-,21?/m1/s1. The first-order valence-corrected chi connectivity index (χ1v) is 8.51. The van der Waals surface area contributed by atoms with Gasteiger partial charge in [-0.15, -0.1) is 0 Å². The maximum absolute atomic E-state index is 13.4. The van der Waals surface area contributed by atoms with Gasteiger partial charge in [-0.05, 0) is 43.6 Å². The van der Waals surface area contributed by atoms with Gasteiger partial charge in [0.2, 0.25) is 5.91 Å². The first-order valence-electron chi connectivity index (χ1n) is 8.51. The summed E-state index contributed by atoms with van der Waals surface area (Å²) >= 11 is 0. The molecule has 0 aliphatic heterocycles. The van der Waals surface area contributed by atoms with Gasteiger partial charge in [0.15, 0.2) is 0 Å². The summed E-state index contributed by atoms with van der Waals surface area (Å²) in [6.07, 6.45) is 1.80. The molecule has 0 bridgehead atoms. The van der Waals surface area contributed by atoms with Gasteiger partial charge in [0, 0.05) is 20.1 Å². The number of likely N-dealkylation sites (N-methyl/N-ethyl adjacent to an activating group) is 1. The van der Waals surface area contributed by atoms with Crippen LogP contribution in [0.15, 0.2) is 54.6 Å². The molecule has 1 unspecified atom stereocenters. The normalized spacial score (nSPS) is 23.0. The van der Waals surface area contributed by atoms with Crippen LogP contribution in [0.1, 0.15) is 35.6 Å². The summed E-state index contributed by atoms with van der Waals surface area (Å²) in [6, 6.07) is 19.1. The summed E-state index contributed by atoms with van der Waals surface area (Å²) in [6.45, 7) is 0. The van der Waals surface area contributed by atoms with Gasteiger partial charge in [0.05, 0.1) is 5.41 Å². The first-order chi connectivity index (χ1) is 11.5. The van der Waals surface area contributed by atoms with Crippen molar-refractivity contribution in [3.63, 3.8) is 0 Å². The number of nitrogens with zero attached hydrogens (tertiary/aromatic N) is 2. The Morgan fingerprint density at radius 3 is 2.21 bits per heavy atom. The lowest BCUT2D eigenvalue weighted by Gasteiger charge is -2.44. The summed E-state index contributed by atoms with van der Waals surface area (Å²) in [5.41, 5.74) is 2.93. The van der Waals surface area contributed by atoms with Crippen molar-refractivity contribution in [3.05, 3.63) is 71.3 Å². The van der Waals surface area contributed by atoms with Crippen LogP contribution in [-0.2, 0) is 10.2 Å². The van der Waals surface area contributed by atoms with Crippen LogP contribution in [0.3, 0.4) is 0 Å². The maximum atomic E-state index is 13.4. The Hall–Kier alpha value is -2.13. The predicted octanol–water partition coefficient (Wildman–Crippen LogP) is 3.46. The highest BCUT2D eigenvalue weighted by molar-refractivity contribution is 5.92. The molecule has 0 spiro atoms. The van der Waals surface area contributed by atoms with E-state index in [0.717, 1.165) is 24.0 Å². The fraction of sp³-hybridized carbons (Fsp3) is 0.381. The topological polar surface area (TPSA) is 23.6 Å². The van der Waals surface area contributed by atoms with Crippen molar-refractivity contribution in [2.75, 3.05) is 28.2 Å². The lowest BCUT2D eigenvalue weighted by molar-refractivity contribution is -0.134. The van der Waals surface area contributed by atoms with E-state index in [4.69, 9.17) is 0 Å². The summed E-state index contributed by atoms with van der Waals surface area (Å²) in [5.74, 6) is 0.165. The van der Waals surface area contributed by atoms with E-state index >= 15 is 0 Å². The number of rotatable bonds is 3. The number of hydrogen-bond acceptors (Lipinski definition) is 2. The van der Waals surface area contributed by atoms with Crippen molar-refractivity contribution < 1.29 is 4.79 Å². The minimum atomic E-state index is -0.589. The number of benzene rings is 2. The van der Waals surface area contributed by atoms with Crippen LogP contribution in [0.25, 0.3) is 0 Å². The molecule has 0 heterocycles. The van der Waals surface area contributed by atoms with Crippen molar-refractivity contribution in [1.82, 2.24) is 9.80 Å². The fourth-order valence-electron chi connectivity index (χ4n) is 4.11. The molecule has 1 aliphatic carbocycles. The second-order valence-electron chi connectivity index (χ2n) is 7.08. The molecule has 0 radical (unpaired) electrons. The van der Waals surface area contributed by atoms with Gasteiger partial charge in [0.25, 0.3) is 0 Å². The molecule has 0 N–H and O–H groups in total. The highest BCUT2D eigenvalue weighted by atomic mass is 16.2. The van der Waals surface area contributed by atoms with Crippen molar-refractivity contribution in [3.8, 4) is 0 Å². The SMILES string of the molecule is CN(C)C(=O)C1(c2ccccc2)CC[C@@H](N(C)C)c2ccccc21. The molecular formula is C21H26N2O. The Morgan fingerprint density at radius 1 is 0.958 bits per heavy atom. The van der Waals surface area contributed by atoms with Crippen LogP contribution < -0.4 is 0 Å². The first kappa shape index (κ1) is 16.7. The smallest absolute Gasteiger partial charge is 0.237 e. The van der Waals surface area contributed by atoms with E-state index in [1.165, 1.54) is 5.56 Å². The third-order valence-corrected chi connectivity index (χ3v) is 5.23. The lowest BCUT2D eigenvalue weighted by atomic mass is 9.63. The second kappa shape index (κ2) is 6.40. The van der Waals surface area contributed by atoms with Gasteiger partial charge in [-0.1, -0.05) is 54.6 Å². The van der Waals surface area contributed by atoms with Crippen molar-refractivity contribution in [2.45, 2.75) is 24.3 Å². The van der Waals surface area contributed by atoms with Crippen LogP contribution >= 0.6 is 0 Å². The molecule has 126 valence electrons. The molecule has 0 aromatic heterocycles. The Morgan fingerprint density at radius 2 is 1.58 bits per heavy atom. The zero-order chi connectivity index (χ0) is 17.3. The largest absolute Gasteiger partial charge is 0.348 e. The minimum Gasteiger partial charge on any atom is -0.348 e. The number of carbonyl (C=O) groups is 1. The molecule has 3 nitrogen and oxygen atoms in total. The molecule has 3 heteroatoms. The Bertz CT molecular complexity index is 724. The molecule has 3 rings (SSSR count). The monoisotopic (exact) mass is 322 g/mol. The second-order valence-corrected chi connectivity index (χ2v) is 7.08. The number of amides is 1. The van der Waals surface area contributed by atoms with Gasteiger partial charge in [-0.2, -0.15) is 0 Å². The van der Waals surface area contributed by atoms with Crippen molar-refractivity contribution in [1.29, 1.82) is 0 Å². The Balaban J connectivity index is 2.27. The van der Waals surface area contributed by atoms with Crippen LogP contribution in [0.2, 0.25) is 0 Å². The van der Waals surface area contributed by atoms with Gasteiger partial charge in [0.1, 0.15) is 0 Å². The predicted molar refractivity (Wildman–Crippen MR) is 98.0 cm³/mol. The summed E-state index contributed by atoms with van der Waals surface area (Å²) in [5, 5.41) is 0. The van der Waals surface area contributed by atoms with Gasteiger partial charge in [-0.25, -0.2) is 0 Å². The highest BCUT2D eigenvalue weighted by Crippen LogP contribution is 2.48. The summed E-state index contributed by atoms with van der Waals surface area (Å²) in [7, 11) is 7.94. The van der Waals surface area contributed by atoms with Crippen molar-refractivity contribution in [2.24, 2.45) is 0 Å². The quantitative estimate of drug-likeness (QED) is 0.864. The van der Waals surface area contributed by atoms with E-state index in [-0.39, 0.29) is 5.91 Å². The molecule has 1 amide bonds. The Labute approximate surface area is 144 Å². The van der Waals surface area contributed by atoms with E-state index in [1.54, 1.807) is 4.90 Å². The van der Waals surface area contributed by atoms with E-state index in [2.05, 4.69) is 55.4 Å². The van der Waals surface area contributed by atoms with Crippen molar-refractivity contribution >= 4 is 5.91 Å². The maximum Gasteiger partial charge on any atom is 0.237 e. The zero-order valence-corrected chi connectivity index (χ0v) is 15.0. The average Bonchev–Trinajstić information content (AvgIpc) is 2.60. The number of hydrogen-bond donors (Lipinski definition) is 0. The van der Waals surface area contributed by atoms with E-state index in [1.807, 2.05) is 32.3 Å². The minimum absolute atomic E-state index is 0.165. The van der Waals surface area contributed by atoms with Crippen LogP contribution in [0.4, 0.5) is 0 Å². The summed E-state index contributed by atoms with van der Waals surface area (Å²) in [4.78, 5) is 17.4. The third kappa shape index (κ3) is 2.53. The molecule has 0 saturated carbocycles. The number of carbonyl (C=O) groups excluding carboxylic acids is 1. The molecule has 2 aromatic rings. The lowest BCUT2D eigenvalue weighted by Crippen LogP contribution is -2.48. The zero-order valence-electron chi connectivity index (χ0n) is 15.0. The molecule has 1 aliphatic rings. The van der Waals surface area contributed by atoms with Gasteiger partial charge in [-0.3, -0.25) is 4.79 Å². The molecule has 0 saturated heterocycles. The van der Waals surface area contributed by atoms with Gasteiger partial charge >= 0.3 is 0 Å². The van der Waals surface area contributed by atoms with E-state index < -0.39 is 5.41 Å². The van der Waals surface area contributed by atoms with E-state index in [0.29, 0.717) is 6.04 Å². The average molecular weight is 322 g/mol. The molecule has 0 fully saturated rings. The molecule has 2 atom stereocenters. The third-order valence-electron chi connectivity index (χ3n) is 5.23. The van der Waals surface area contributed by atoms with Crippen LogP contribution in [0, 0.1) is 0 Å². The molecule has 2 aromatic carbocycles. The molecule has 24 heavy (non-hydrogen) atoms. The molecular weight excluding hydrogens is 296 g/mol. The van der Waals surface area contributed by atoms with Crippen LogP contribution in [-0.4, -0.2) is 43.9 Å². The van der Waals surface area contributed by atoms with Crippen LogP contribution in [0.5, 0.6) is 0 Å². The fourth-order valence-corrected chi connectivity index (χ4v) is 4.11. The van der Waals surface area contributed by atoms with E-state index in [9.17, 15) is 4.79 Å². The van der Waals surface area contributed by atoms with Gasteiger partial charge < -0.3 is 9.80 Å². The highest BCUT2D eigenvalue weighted by Gasteiger charge is 2.47. The Kier molecular flexibility index (Phi) is 4.46. The number of fused-ring (bicyclic) bond motifs is 1. The summed E-state index contributed by atoms with van der Waals surface area (Å²) < 4.78 is 0.